The smallest absolute Gasteiger partial charge is 0.306 e. The Morgan fingerprint density at radius 2 is 1.24 bits per heavy atom. The van der Waals surface area contributed by atoms with Gasteiger partial charge in [0.2, 0.25) is 0 Å². The number of rotatable bonds is 18. The molecule has 0 aliphatic rings. The Bertz CT molecular complexity index is 328. The number of unbranched alkanes of at least 4 members (excludes halogenated alkanes) is 9. The molecule has 0 aliphatic carbocycles. The standard InChI is InChI=1S/C21H40O4/c1-3-5-7-8-9-10-11-12-13-18-21(24)25-19(15-6-4-2)16-14-17-20(22)23/h19H,3-18H2,1-2H3,(H,22,23). The van der Waals surface area contributed by atoms with Crippen LogP contribution in [0.2, 0.25) is 0 Å². The highest BCUT2D eigenvalue weighted by Gasteiger charge is 2.14. The zero-order chi connectivity index (χ0) is 18.8. The number of carboxylic acid groups (broad SMARTS) is 1. The summed E-state index contributed by atoms with van der Waals surface area (Å²) in [6.07, 6.45) is 15.8. The lowest BCUT2D eigenvalue weighted by Crippen LogP contribution is -2.18. The molecule has 25 heavy (non-hydrogen) atoms. The molecule has 0 aliphatic heterocycles. The number of carbonyl (C=O) groups excluding carboxylic acids is 1. The van der Waals surface area contributed by atoms with Crippen LogP contribution in [-0.4, -0.2) is 23.1 Å². The number of hydrogen-bond acceptors (Lipinski definition) is 3. The lowest BCUT2D eigenvalue weighted by Gasteiger charge is -2.17. The number of esters is 1. The molecule has 0 aromatic rings. The van der Waals surface area contributed by atoms with Crippen molar-refractivity contribution in [2.75, 3.05) is 0 Å². The monoisotopic (exact) mass is 356 g/mol. The van der Waals surface area contributed by atoms with Crippen LogP contribution in [0.3, 0.4) is 0 Å². The van der Waals surface area contributed by atoms with E-state index in [2.05, 4.69) is 13.8 Å². The molecule has 0 rings (SSSR count). The highest BCUT2D eigenvalue weighted by Crippen LogP contribution is 2.15. The largest absolute Gasteiger partial charge is 0.481 e. The highest BCUT2D eigenvalue weighted by molar-refractivity contribution is 5.69. The maximum atomic E-state index is 12.0. The lowest BCUT2D eigenvalue weighted by molar-refractivity contribution is -0.150. The summed E-state index contributed by atoms with van der Waals surface area (Å²) in [5.41, 5.74) is 0. The van der Waals surface area contributed by atoms with Gasteiger partial charge in [0.1, 0.15) is 6.10 Å². The number of ether oxygens (including phenoxy) is 1. The van der Waals surface area contributed by atoms with Gasteiger partial charge in [-0.25, -0.2) is 0 Å². The lowest BCUT2D eigenvalue weighted by atomic mass is 10.1. The second-order valence-corrected chi connectivity index (χ2v) is 7.12. The summed E-state index contributed by atoms with van der Waals surface area (Å²) in [5.74, 6) is -0.894. The van der Waals surface area contributed by atoms with Gasteiger partial charge in [-0.2, -0.15) is 0 Å². The average molecular weight is 357 g/mol. The first-order valence-electron chi connectivity index (χ1n) is 10.5. The van der Waals surface area contributed by atoms with Gasteiger partial charge < -0.3 is 9.84 Å². The number of aliphatic carboxylic acids is 1. The van der Waals surface area contributed by atoms with Crippen molar-refractivity contribution < 1.29 is 19.4 Å². The van der Waals surface area contributed by atoms with Crippen LogP contribution in [0.25, 0.3) is 0 Å². The topological polar surface area (TPSA) is 63.6 Å². The van der Waals surface area contributed by atoms with Crippen LogP contribution >= 0.6 is 0 Å². The fourth-order valence-corrected chi connectivity index (χ4v) is 3.00. The summed E-state index contributed by atoms with van der Waals surface area (Å²) in [5, 5.41) is 8.72. The Hall–Kier alpha value is -1.06. The van der Waals surface area contributed by atoms with E-state index in [1.807, 2.05) is 0 Å². The van der Waals surface area contributed by atoms with Crippen LogP contribution in [0, 0.1) is 0 Å². The van der Waals surface area contributed by atoms with E-state index in [1.165, 1.54) is 44.9 Å². The quantitative estimate of drug-likeness (QED) is 0.232. The Morgan fingerprint density at radius 1 is 0.720 bits per heavy atom. The van der Waals surface area contributed by atoms with Crippen LogP contribution in [0.1, 0.15) is 117 Å². The fourth-order valence-electron chi connectivity index (χ4n) is 3.00. The van der Waals surface area contributed by atoms with E-state index in [1.54, 1.807) is 0 Å². The maximum absolute atomic E-state index is 12.0. The number of carboxylic acids is 1. The van der Waals surface area contributed by atoms with Crippen molar-refractivity contribution >= 4 is 11.9 Å². The molecule has 0 aromatic heterocycles. The second-order valence-electron chi connectivity index (χ2n) is 7.12. The van der Waals surface area contributed by atoms with E-state index in [0.717, 1.165) is 32.1 Å². The molecule has 148 valence electrons. The van der Waals surface area contributed by atoms with E-state index < -0.39 is 5.97 Å². The molecule has 0 saturated carbocycles. The Balaban J connectivity index is 3.73. The molecule has 1 N–H and O–H groups in total. The SMILES string of the molecule is CCCCCCCCCCCC(=O)OC(CCCC)CCCC(=O)O. The van der Waals surface area contributed by atoms with Crippen LogP contribution in [0.15, 0.2) is 0 Å². The molecule has 0 aromatic carbocycles. The Morgan fingerprint density at radius 3 is 1.80 bits per heavy atom. The minimum atomic E-state index is -0.782. The number of carbonyl (C=O) groups is 2. The van der Waals surface area contributed by atoms with Gasteiger partial charge >= 0.3 is 11.9 Å². The summed E-state index contributed by atoms with van der Waals surface area (Å²) < 4.78 is 5.57. The minimum absolute atomic E-state index is 0.106. The third kappa shape index (κ3) is 17.6. The fraction of sp³-hybridized carbons (Fsp3) is 0.905. The third-order valence-corrected chi connectivity index (χ3v) is 4.58. The van der Waals surface area contributed by atoms with Gasteiger partial charge in [-0.05, 0) is 25.7 Å². The first-order chi connectivity index (χ1) is 12.1. The van der Waals surface area contributed by atoms with E-state index in [9.17, 15) is 9.59 Å². The first-order valence-corrected chi connectivity index (χ1v) is 10.5. The molecule has 0 heterocycles. The van der Waals surface area contributed by atoms with Crippen molar-refractivity contribution in [1.29, 1.82) is 0 Å². The van der Waals surface area contributed by atoms with Gasteiger partial charge in [0.05, 0.1) is 0 Å². The molecule has 4 nitrogen and oxygen atoms in total. The van der Waals surface area contributed by atoms with Crippen LogP contribution in [0.5, 0.6) is 0 Å². The average Bonchev–Trinajstić information content (AvgIpc) is 2.57. The summed E-state index contributed by atoms with van der Waals surface area (Å²) in [6, 6.07) is 0. The molecule has 0 spiro atoms. The van der Waals surface area contributed by atoms with Gasteiger partial charge in [-0.15, -0.1) is 0 Å². The van der Waals surface area contributed by atoms with Crippen LogP contribution in [-0.2, 0) is 14.3 Å². The molecule has 1 atom stereocenters. The molecule has 4 heteroatoms. The van der Waals surface area contributed by atoms with Crippen molar-refractivity contribution in [3.8, 4) is 0 Å². The maximum Gasteiger partial charge on any atom is 0.306 e. The van der Waals surface area contributed by atoms with E-state index in [0.29, 0.717) is 19.3 Å². The van der Waals surface area contributed by atoms with E-state index in [-0.39, 0.29) is 18.5 Å². The molecule has 0 bridgehead atoms. The molecule has 0 radical (unpaired) electrons. The molecular weight excluding hydrogens is 316 g/mol. The van der Waals surface area contributed by atoms with Crippen molar-refractivity contribution in [3.63, 3.8) is 0 Å². The normalized spacial score (nSPS) is 12.1. The zero-order valence-corrected chi connectivity index (χ0v) is 16.6. The predicted octanol–water partition coefficient (Wildman–Crippen LogP) is 6.26. The molecule has 1 unspecified atom stereocenters. The third-order valence-electron chi connectivity index (χ3n) is 4.58. The molecule has 0 saturated heterocycles. The summed E-state index contributed by atoms with van der Waals surface area (Å²) >= 11 is 0. The first kappa shape index (κ1) is 23.9. The van der Waals surface area contributed by atoms with Crippen LogP contribution in [0.4, 0.5) is 0 Å². The van der Waals surface area contributed by atoms with Crippen molar-refractivity contribution in [1.82, 2.24) is 0 Å². The summed E-state index contributed by atoms with van der Waals surface area (Å²) in [7, 11) is 0. The van der Waals surface area contributed by atoms with Crippen molar-refractivity contribution in [2.45, 2.75) is 123 Å². The number of hydrogen-bond donors (Lipinski definition) is 1. The molecular formula is C21H40O4. The zero-order valence-electron chi connectivity index (χ0n) is 16.6. The van der Waals surface area contributed by atoms with Crippen LogP contribution < -0.4 is 0 Å². The van der Waals surface area contributed by atoms with Gasteiger partial charge in [0.15, 0.2) is 0 Å². The molecule has 0 fully saturated rings. The Labute approximate surface area is 154 Å². The highest BCUT2D eigenvalue weighted by atomic mass is 16.5. The molecule has 0 amide bonds. The van der Waals surface area contributed by atoms with Gasteiger partial charge in [-0.3, -0.25) is 9.59 Å². The second kappa shape index (κ2) is 17.8. The Kier molecular flexibility index (Phi) is 17.0. The summed E-state index contributed by atoms with van der Waals surface area (Å²) in [6.45, 7) is 4.34. The van der Waals surface area contributed by atoms with Gasteiger partial charge in [0, 0.05) is 12.8 Å². The van der Waals surface area contributed by atoms with Crippen molar-refractivity contribution in [3.05, 3.63) is 0 Å². The minimum Gasteiger partial charge on any atom is -0.481 e. The van der Waals surface area contributed by atoms with Gasteiger partial charge in [-0.1, -0.05) is 78.1 Å². The predicted molar refractivity (Wildman–Crippen MR) is 103 cm³/mol. The van der Waals surface area contributed by atoms with Crippen molar-refractivity contribution in [2.24, 2.45) is 0 Å². The van der Waals surface area contributed by atoms with E-state index >= 15 is 0 Å². The summed E-state index contributed by atoms with van der Waals surface area (Å²) in [4.78, 5) is 22.6. The van der Waals surface area contributed by atoms with Gasteiger partial charge in [0.25, 0.3) is 0 Å². The van der Waals surface area contributed by atoms with E-state index in [4.69, 9.17) is 9.84 Å².